The van der Waals surface area contributed by atoms with Gasteiger partial charge in [0.05, 0.1) is 6.42 Å². The first kappa shape index (κ1) is 13.3. The normalized spacial score (nSPS) is 15.6. The third kappa shape index (κ3) is 2.15. The summed E-state index contributed by atoms with van der Waals surface area (Å²) in [7, 11) is 1.79. The first-order chi connectivity index (χ1) is 9.60. The maximum absolute atomic E-state index is 11.7. The Bertz CT molecular complexity index is 662. The highest BCUT2D eigenvalue weighted by Gasteiger charge is 2.25. The quantitative estimate of drug-likeness (QED) is 0.943. The molecule has 1 aliphatic rings. The van der Waals surface area contributed by atoms with E-state index in [0.29, 0.717) is 6.42 Å². The van der Waals surface area contributed by atoms with Gasteiger partial charge in [-0.25, -0.2) is 0 Å². The van der Waals surface area contributed by atoms with Gasteiger partial charge in [0.15, 0.2) is 0 Å². The number of likely N-dealkylation sites (N-methyl/N-ethyl adjacent to an activating group) is 1. The van der Waals surface area contributed by atoms with Gasteiger partial charge in [-0.1, -0.05) is 19.1 Å². The largest absolute Gasteiger partial charge is 0.383 e. The molecule has 2 aromatic rings. The van der Waals surface area contributed by atoms with Crippen molar-refractivity contribution >= 4 is 22.9 Å². The second-order valence-corrected chi connectivity index (χ2v) is 6.28. The van der Waals surface area contributed by atoms with Crippen molar-refractivity contribution in [3.8, 4) is 0 Å². The molecule has 0 aliphatic carbocycles. The van der Waals surface area contributed by atoms with Gasteiger partial charge in [-0.2, -0.15) is 0 Å². The molecule has 104 valence electrons. The predicted octanol–water partition coefficient (Wildman–Crippen LogP) is 2.91. The van der Waals surface area contributed by atoms with Crippen LogP contribution in [-0.4, -0.2) is 18.1 Å². The maximum Gasteiger partial charge on any atom is 0.231 e. The molecule has 0 saturated carbocycles. The smallest absolute Gasteiger partial charge is 0.231 e. The number of hydrogen-bond acceptors (Lipinski definition) is 3. The molecule has 1 amide bonds. The lowest BCUT2D eigenvalue weighted by Crippen LogP contribution is -2.20. The Balaban J connectivity index is 1.92. The van der Waals surface area contributed by atoms with Crippen LogP contribution in [0.4, 0.5) is 5.69 Å². The van der Waals surface area contributed by atoms with Gasteiger partial charge in [-0.3, -0.25) is 4.79 Å². The molecule has 2 heterocycles. The first-order valence-corrected chi connectivity index (χ1v) is 7.58. The van der Waals surface area contributed by atoms with Crippen LogP contribution in [0, 0.1) is 0 Å². The number of rotatable bonds is 3. The van der Waals surface area contributed by atoms with E-state index in [4.69, 9.17) is 0 Å². The number of carbonyl (C=O) groups excluding carboxylic acids is 1. The summed E-state index contributed by atoms with van der Waals surface area (Å²) in [6, 6.07) is 9.83. The fourth-order valence-corrected chi connectivity index (χ4v) is 3.52. The van der Waals surface area contributed by atoms with Gasteiger partial charge in [-0.05, 0) is 35.7 Å². The monoisotopic (exact) mass is 287 g/mol. The van der Waals surface area contributed by atoms with Crippen LogP contribution in [0.25, 0.3) is 0 Å². The molecule has 3 nitrogen and oxygen atoms in total. The molecule has 1 aliphatic heterocycles. The number of carbonyl (C=O) groups is 1. The summed E-state index contributed by atoms with van der Waals surface area (Å²) in [4.78, 5) is 15.6. The second kappa shape index (κ2) is 5.04. The third-order valence-electron chi connectivity index (χ3n) is 3.80. The van der Waals surface area contributed by atoms with E-state index in [1.165, 1.54) is 4.88 Å². The van der Waals surface area contributed by atoms with E-state index >= 15 is 0 Å². The molecule has 1 aromatic carbocycles. The highest BCUT2D eigenvalue weighted by atomic mass is 32.1. The van der Waals surface area contributed by atoms with E-state index in [1.54, 1.807) is 23.3 Å². The Hall–Kier alpha value is -1.65. The lowest BCUT2D eigenvalue weighted by Gasteiger charge is -2.13. The minimum Gasteiger partial charge on any atom is -0.383 e. The van der Waals surface area contributed by atoms with Gasteiger partial charge in [0.25, 0.3) is 0 Å². The number of hydrogen-bond donors (Lipinski definition) is 1. The molecular weight excluding hydrogens is 270 g/mol. The molecular formula is C16H17NO2S. The van der Waals surface area contributed by atoms with E-state index in [-0.39, 0.29) is 5.91 Å². The lowest BCUT2D eigenvalue weighted by molar-refractivity contribution is -0.117. The number of anilines is 1. The third-order valence-corrected chi connectivity index (χ3v) is 5.08. The number of thiophene rings is 1. The van der Waals surface area contributed by atoms with Crippen LogP contribution in [0.2, 0.25) is 0 Å². The van der Waals surface area contributed by atoms with Crippen molar-refractivity contribution in [1.82, 2.24) is 0 Å². The van der Waals surface area contributed by atoms with Gasteiger partial charge < -0.3 is 10.0 Å². The summed E-state index contributed by atoms with van der Waals surface area (Å²) >= 11 is 1.64. The van der Waals surface area contributed by atoms with Gasteiger partial charge >= 0.3 is 0 Å². The zero-order valence-corrected chi connectivity index (χ0v) is 12.4. The number of amides is 1. The fraction of sp³-hybridized carbons (Fsp3) is 0.312. The maximum atomic E-state index is 11.7. The van der Waals surface area contributed by atoms with E-state index in [1.807, 2.05) is 24.3 Å². The van der Waals surface area contributed by atoms with Crippen molar-refractivity contribution in [2.75, 3.05) is 11.9 Å². The van der Waals surface area contributed by atoms with Crippen molar-refractivity contribution in [2.24, 2.45) is 0 Å². The average Bonchev–Trinajstić information content (AvgIpc) is 3.04. The SMILES string of the molecule is CCc1ccc(C(O)c2ccc3c(c2)CC(=O)N3C)s1. The Kier molecular flexibility index (Phi) is 3.36. The summed E-state index contributed by atoms with van der Waals surface area (Å²) < 4.78 is 0. The molecule has 3 rings (SSSR count). The van der Waals surface area contributed by atoms with E-state index in [9.17, 15) is 9.90 Å². The van der Waals surface area contributed by atoms with Crippen molar-refractivity contribution < 1.29 is 9.90 Å². The highest BCUT2D eigenvalue weighted by Crippen LogP contribution is 2.34. The molecule has 0 radical (unpaired) electrons. The van der Waals surface area contributed by atoms with Crippen LogP contribution in [0.1, 0.15) is 33.9 Å². The zero-order chi connectivity index (χ0) is 14.3. The van der Waals surface area contributed by atoms with E-state index in [2.05, 4.69) is 13.0 Å². The van der Waals surface area contributed by atoms with Crippen LogP contribution in [0.15, 0.2) is 30.3 Å². The molecule has 0 spiro atoms. The van der Waals surface area contributed by atoms with Crippen LogP contribution in [0.3, 0.4) is 0 Å². The number of aryl methyl sites for hydroxylation is 1. The molecule has 1 unspecified atom stereocenters. The van der Waals surface area contributed by atoms with E-state index < -0.39 is 6.10 Å². The summed E-state index contributed by atoms with van der Waals surface area (Å²) in [6.07, 6.45) is 0.810. The molecule has 4 heteroatoms. The topological polar surface area (TPSA) is 40.5 Å². The number of aliphatic hydroxyl groups is 1. The second-order valence-electron chi connectivity index (χ2n) is 5.08. The highest BCUT2D eigenvalue weighted by molar-refractivity contribution is 7.12. The standard InChI is InChI=1S/C16H17NO2S/c1-3-12-5-7-14(20-12)16(19)10-4-6-13-11(8-10)9-15(18)17(13)2/h4-8,16,19H,3,9H2,1-2H3. The molecule has 1 aromatic heterocycles. The minimum absolute atomic E-state index is 0.107. The van der Waals surface area contributed by atoms with Gasteiger partial charge in [0, 0.05) is 22.5 Å². The van der Waals surface area contributed by atoms with Crippen LogP contribution < -0.4 is 4.90 Å². The summed E-state index contributed by atoms with van der Waals surface area (Å²) in [5.41, 5.74) is 2.81. The summed E-state index contributed by atoms with van der Waals surface area (Å²) in [5, 5.41) is 10.5. The van der Waals surface area contributed by atoms with Gasteiger partial charge in [-0.15, -0.1) is 11.3 Å². The molecule has 0 saturated heterocycles. The predicted molar refractivity (Wildman–Crippen MR) is 81.3 cm³/mol. The number of aliphatic hydroxyl groups excluding tert-OH is 1. The van der Waals surface area contributed by atoms with Crippen molar-refractivity contribution in [2.45, 2.75) is 25.9 Å². The molecule has 20 heavy (non-hydrogen) atoms. The Morgan fingerprint density at radius 3 is 2.85 bits per heavy atom. The first-order valence-electron chi connectivity index (χ1n) is 6.76. The van der Waals surface area contributed by atoms with Crippen molar-refractivity contribution in [3.63, 3.8) is 0 Å². The number of benzene rings is 1. The molecule has 0 bridgehead atoms. The van der Waals surface area contributed by atoms with Gasteiger partial charge in [0.1, 0.15) is 6.10 Å². The number of nitrogens with zero attached hydrogens (tertiary/aromatic N) is 1. The zero-order valence-electron chi connectivity index (χ0n) is 11.6. The van der Waals surface area contributed by atoms with Crippen LogP contribution in [0.5, 0.6) is 0 Å². The Morgan fingerprint density at radius 1 is 1.35 bits per heavy atom. The summed E-state index contributed by atoms with van der Waals surface area (Å²) in [6.45, 7) is 2.11. The molecule has 1 atom stereocenters. The van der Waals surface area contributed by atoms with Crippen molar-refractivity contribution in [1.29, 1.82) is 0 Å². The average molecular weight is 287 g/mol. The van der Waals surface area contributed by atoms with Crippen molar-refractivity contribution in [3.05, 3.63) is 51.2 Å². The molecule has 0 fully saturated rings. The molecule has 1 N–H and O–H groups in total. The number of fused-ring (bicyclic) bond motifs is 1. The Labute approximate surface area is 122 Å². The van der Waals surface area contributed by atoms with Crippen LogP contribution in [-0.2, 0) is 17.6 Å². The summed E-state index contributed by atoms with van der Waals surface area (Å²) in [5.74, 6) is 0.107. The lowest BCUT2D eigenvalue weighted by atomic mass is 10.0. The van der Waals surface area contributed by atoms with Crippen LogP contribution >= 0.6 is 11.3 Å². The fourth-order valence-electron chi connectivity index (χ4n) is 2.56. The van der Waals surface area contributed by atoms with Gasteiger partial charge in [0.2, 0.25) is 5.91 Å². The Morgan fingerprint density at radius 2 is 2.15 bits per heavy atom. The minimum atomic E-state index is -0.605. The van der Waals surface area contributed by atoms with E-state index in [0.717, 1.165) is 28.1 Å².